The smallest absolute Gasteiger partial charge is 0.266 e. The SMILES string of the molecule is Cc1cc(C)cc(Nc2ncc3c(n2)CN(C2CCN(C(=O)c4ccc5[nH]c(=S)oc5c4)CC2)C3)c1. The third-order valence-electron chi connectivity index (χ3n) is 7.09. The highest BCUT2D eigenvalue weighted by Gasteiger charge is 2.31. The van der Waals surface area contributed by atoms with E-state index in [1.165, 1.54) is 16.7 Å². The number of carbonyl (C=O) groups is 1. The molecule has 0 atom stereocenters. The number of benzene rings is 2. The summed E-state index contributed by atoms with van der Waals surface area (Å²) in [5.74, 6) is 0.672. The second kappa shape index (κ2) is 9.15. The second-order valence-electron chi connectivity index (χ2n) is 9.82. The minimum absolute atomic E-state index is 0.0374. The lowest BCUT2D eigenvalue weighted by molar-refractivity contribution is 0.0613. The molecule has 2 aliphatic rings. The molecule has 0 radical (unpaired) electrons. The number of aryl methyl sites for hydroxylation is 2. The first-order chi connectivity index (χ1) is 17.4. The molecule has 9 heteroatoms. The average Bonchev–Trinajstić information content (AvgIpc) is 3.44. The van der Waals surface area contributed by atoms with E-state index in [2.05, 4.69) is 52.2 Å². The Kier molecular flexibility index (Phi) is 5.81. The van der Waals surface area contributed by atoms with E-state index in [9.17, 15) is 4.79 Å². The first-order valence-corrected chi connectivity index (χ1v) is 12.7. The highest BCUT2D eigenvalue weighted by molar-refractivity contribution is 7.71. The Morgan fingerprint density at radius 2 is 1.89 bits per heavy atom. The number of likely N-dealkylation sites (tertiary alicyclic amines) is 1. The van der Waals surface area contributed by atoms with Crippen LogP contribution in [0.1, 0.15) is 45.6 Å². The Balaban J connectivity index is 1.08. The Labute approximate surface area is 214 Å². The molecule has 2 N–H and O–H groups in total. The molecule has 6 rings (SSSR count). The maximum absolute atomic E-state index is 13.1. The van der Waals surface area contributed by atoms with Crippen molar-refractivity contribution in [1.29, 1.82) is 0 Å². The van der Waals surface area contributed by atoms with Crippen LogP contribution in [0.15, 0.2) is 47.0 Å². The number of nitrogens with one attached hydrogen (secondary N) is 2. The lowest BCUT2D eigenvalue weighted by Gasteiger charge is -2.36. The van der Waals surface area contributed by atoms with Crippen LogP contribution in [0.5, 0.6) is 0 Å². The van der Waals surface area contributed by atoms with Crippen LogP contribution < -0.4 is 5.32 Å². The average molecular weight is 501 g/mol. The molecular formula is C27H28N6O2S. The van der Waals surface area contributed by atoms with Gasteiger partial charge >= 0.3 is 0 Å². The van der Waals surface area contributed by atoms with Gasteiger partial charge in [-0.3, -0.25) is 9.69 Å². The highest BCUT2D eigenvalue weighted by Crippen LogP contribution is 2.29. The molecule has 184 valence electrons. The normalized spacial score (nSPS) is 16.4. The van der Waals surface area contributed by atoms with Crippen LogP contribution in [0, 0.1) is 18.7 Å². The summed E-state index contributed by atoms with van der Waals surface area (Å²) in [7, 11) is 0. The van der Waals surface area contributed by atoms with Crippen molar-refractivity contribution in [1.82, 2.24) is 24.8 Å². The molecule has 2 aromatic carbocycles. The van der Waals surface area contributed by atoms with Crippen LogP contribution in [0.2, 0.25) is 0 Å². The molecular weight excluding hydrogens is 472 g/mol. The number of anilines is 2. The van der Waals surface area contributed by atoms with E-state index in [4.69, 9.17) is 21.6 Å². The number of fused-ring (bicyclic) bond motifs is 2. The number of amides is 1. The van der Waals surface area contributed by atoms with Gasteiger partial charge in [0.1, 0.15) is 0 Å². The zero-order valence-corrected chi connectivity index (χ0v) is 21.2. The Morgan fingerprint density at radius 1 is 1.11 bits per heavy atom. The van der Waals surface area contributed by atoms with Crippen molar-refractivity contribution in [2.75, 3.05) is 18.4 Å². The van der Waals surface area contributed by atoms with Crippen LogP contribution in [0.3, 0.4) is 0 Å². The molecule has 0 bridgehead atoms. The molecule has 4 heterocycles. The quantitative estimate of drug-likeness (QED) is 0.369. The summed E-state index contributed by atoms with van der Waals surface area (Å²) in [6.07, 6.45) is 3.82. The van der Waals surface area contributed by atoms with Crippen LogP contribution in [-0.2, 0) is 13.1 Å². The van der Waals surface area contributed by atoms with Gasteiger partial charge in [0, 0.05) is 55.2 Å². The first kappa shape index (κ1) is 22.9. The van der Waals surface area contributed by atoms with Gasteiger partial charge in [-0.2, -0.15) is 0 Å². The van der Waals surface area contributed by atoms with Crippen molar-refractivity contribution < 1.29 is 9.21 Å². The van der Waals surface area contributed by atoms with Gasteiger partial charge in [0.15, 0.2) is 5.58 Å². The maximum Gasteiger partial charge on any atom is 0.266 e. The van der Waals surface area contributed by atoms with Gasteiger partial charge in [-0.05, 0) is 80.4 Å². The van der Waals surface area contributed by atoms with Gasteiger partial charge in [0.25, 0.3) is 10.7 Å². The topological polar surface area (TPSA) is 90.3 Å². The molecule has 1 saturated heterocycles. The fourth-order valence-electron chi connectivity index (χ4n) is 5.37. The van der Waals surface area contributed by atoms with Crippen molar-refractivity contribution in [2.24, 2.45) is 0 Å². The van der Waals surface area contributed by atoms with Crippen LogP contribution in [-0.4, -0.2) is 49.8 Å². The van der Waals surface area contributed by atoms with Crippen molar-refractivity contribution >= 4 is 40.9 Å². The molecule has 36 heavy (non-hydrogen) atoms. The van der Waals surface area contributed by atoms with Gasteiger partial charge in [0.05, 0.1) is 11.2 Å². The molecule has 2 aromatic heterocycles. The lowest BCUT2D eigenvalue weighted by Crippen LogP contribution is -2.45. The van der Waals surface area contributed by atoms with E-state index in [-0.39, 0.29) is 5.91 Å². The molecule has 8 nitrogen and oxygen atoms in total. The molecule has 0 aliphatic carbocycles. The second-order valence-corrected chi connectivity index (χ2v) is 10.2. The van der Waals surface area contributed by atoms with E-state index in [0.29, 0.717) is 28.0 Å². The van der Waals surface area contributed by atoms with Gasteiger partial charge in [-0.25, -0.2) is 9.97 Å². The summed E-state index contributed by atoms with van der Waals surface area (Å²) in [6, 6.07) is 12.2. The number of hydrogen-bond acceptors (Lipinski definition) is 7. The number of aromatic amines is 1. The van der Waals surface area contributed by atoms with E-state index in [1.807, 2.05) is 23.2 Å². The largest absolute Gasteiger partial charge is 0.429 e. The van der Waals surface area contributed by atoms with Gasteiger partial charge in [0.2, 0.25) is 5.95 Å². The summed E-state index contributed by atoms with van der Waals surface area (Å²) in [6.45, 7) is 7.31. The number of oxazole rings is 1. The van der Waals surface area contributed by atoms with Crippen molar-refractivity contribution in [3.05, 3.63) is 75.4 Å². The van der Waals surface area contributed by atoms with Crippen LogP contribution >= 0.6 is 12.2 Å². The molecule has 0 saturated carbocycles. The number of hydrogen-bond donors (Lipinski definition) is 2. The zero-order chi connectivity index (χ0) is 24.8. The third kappa shape index (κ3) is 4.52. The summed E-state index contributed by atoms with van der Waals surface area (Å²) < 4.78 is 5.48. The number of carbonyl (C=O) groups excluding carboxylic acids is 1. The van der Waals surface area contributed by atoms with Crippen LogP contribution in [0.4, 0.5) is 11.6 Å². The van der Waals surface area contributed by atoms with Crippen molar-refractivity contribution in [3.63, 3.8) is 0 Å². The van der Waals surface area contributed by atoms with E-state index in [0.717, 1.165) is 55.9 Å². The van der Waals surface area contributed by atoms with Crippen LogP contribution in [0.25, 0.3) is 11.1 Å². The van der Waals surface area contributed by atoms with E-state index >= 15 is 0 Å². The molecule has 0 unspecified atom stereocenters. The Hall–Kier alpha value is -3.56. The predicted octanol–water partition coefficient (Wildman–Crippen LogP) is 5.26. The number of piperidine rings is 1. The fraction of sp³-hybridized carbons (Fsp3) is 0.333. The summed E-state index contributed by atoms with van der Waals surface area (Å²) in [4.78, 5) is 30.2. The molecule has 1 fully saturated rings. The molecule has 4 aromatic rings. The summed E-state index contributed by atoms with van der Waals surface area (Å²) >= 11 is 5.05. The Bertz CT molecular complexity index is 1500. The van der Waals surface area contributed by atoms with Crippen molar-refractivity contribution in [3.8, 4) is 0 Å². The first-order valence-electron chi connectivity index (χ1n) is 12.3. The fourth-order valence-corrected chi connectivity index (χ4v) is 5.57. The minimum atomic E-state index is 0.0374. The molecule has 2 aliphatic heterocycles. The number of nitrogens with zero attached hydrogens (tertiary/aromatic N) is 4. The number of aromatic nitrogens is 3. The molecule has 0 spiro atoms. The lowest BCUT2D eigenvalue weighted by atomic mass is 10.0. The molecule has 1 amide bonds. The summed E-state index contributed by atoms with van der Waals surface area (Å²) in [5.41, 5.74) is 7.74. The zero-order valence-electron chi connectivity index (χ0n) is 20.4. The highest BCUT2D eigenvalue weighted by atomic mass is 32.1. The maximum atomic E-state index is 13.1. The predicted molar refractivity (Wildman–Crippen MR) is 141 cm³/mol. The number of rotatable bonds is 4. The third-order valence-corrected chi connectivity index (χ3v) is 7.28. The van der Waals surface area contributed by atoms with Gasteiger partial charge in [-0.15, -0.1) is 0 Å². The van der Waals surface area contributed by atoms with Gasteiger partial charge < -0.3 is 19.6 Å². The summed E-state index contributed by atoms with van der Waals surface area (Å²) in [5, 5.41) is 3.36. The van der Waals surface area contributed by atoms with Gasteiger partial charge in [-0.1, -0.05) is 6.07 Å². The van der Waals surface area contributed by atoms with E-state index in [1.54, 1.807) is 6.07 Å². The minimum Gasteiger partial charge on any atom is -0.429 e. The monoisotopic (exact) mass is 500 g/mol. The van der Waals surface area contributed by atoms with Crippen molar-refractivity contribution in [2.45, 2.75) is 45.8 Å². The Morgan fingerprint density at radius 3 is 2.67 bits per heavy atom. The van der Waals surface area contributed by atoms with E-state index < -0.39 is 0 Å². The standard InChI is InChI=1S/C27H28N6O2S/c1-16-9-17(2)11-20(10-16)29-26-28-13-19-14-33(15-23(19)30-26)21-5-7-32(8-6-21)25(34)18-3-4-22-24(12-18)35-27(36)31-22/h3-4,9-13,21H,5-8,14-15H2,1-2H3,(H,31,36)(H,28,29,30). The number of H-pyrrole nitrogens is 1.